The Hall–Kier alpha value is -3.91. The second-order valence-electron chi connectivity index (χ2n) is 12.8. The first-order valence-electron chi connectivity index (χ1n) is 15.2. The average molecular weight is 659 g/mol. The lowest BCUT2D eigenvalue weighted by Crippen LogP contribution is -2.51. The van der Waals surface area contributed by atoms with Gasteiger partial charge in [0.2, 0.25) is 5.91 Å². The van der Waals surface area contributed by atoms with Gasteiger partial charge in [-0.3, -0.25) is 18.9 Å². The Morgan fingerprint density at radius 3 is 2.33 bits per heavy atom. The summed E-state index contributed by atoms with van der Waals surface area (Å²) >= 11 is 0. The van der Waals surface area contributed by atoms with Gasteiger partial charge in [0.25, 0.3) is 0 Å². The van der Waals surface area contributed by atoms with Crippen LogP contribution in [-0.2, 0) is 28.1 Å². The zero-order valence-corrected chi connectivity index (χ0v) is 27.0. The van der Waals surface area contributed by atoms with E-state index in [4.69, 9.17) is 4.98 Å². The maximum atomic E-state index is 12.8. The number of likely N-dealkylation sites (tertiary alicyclic amines) is 1. The van der Waals surface area contributed by atoms with Crippen molar-refractivity contribution in [2.24, 2.45) is 7.05 Å². The molecule has 0 radical (unpaired) electrons. The van der Waals surface area contributed by atoms with Gasteiger partial charge in [-0.2, -0.15) is 5.10 Å². The smallest absolute Gasteiger partial charge is 0.406 e. The molecule has 2 aliphatic rings. The van der Waals surface area contributed by atoms with Crippen LogP contribution in [0.1, 0.15) is 50.3 Å². The molecule has 1 aromatic carbocycles. The molecular weight excluding hydrogens is 621 g/mol. The Balaban J connectivity index is 1.46. The summed E-state index contributed by atoms with van der Waals surface area (Å²) in [6.07, 6.45) is 3.32. The first-order valence-corrected chi connectivity index (χ1v) is 17.0. The molecule has 46 heavy (non-hydrogen) atoms. The number of nitrogens with zero attached hydrogens (tertiary/aromatic N) is 6. The number of benzene rings is 1. The number of amides is 1. The molecule has 1 atom stereocenters. The number of fused-ring (bicyclic) bond motifs is 1. The number of aryl methyl sites for hydroxylation is 2. The molecule has 2 aliphatic heterocycles. The number of carbonyl (C=O) groups is 1. The monoisotopic (exact) mass is 658 g/mol. The summed E-state index contributed by atoms with van der Waals surface area (Å²) in [4.78, 5) is 21.8. The van der Waals surface area contributed by atoms with Gasteiger partial charge >= 0.3 is 6.36 Å². The lowest BCUT2D eigenvalue weighted by Gasteiger charge is -2.41. The van der Waals surface area contributed by atoms with Gasteiger partial charge in [0.05, 0.1) is 35.1 Å². The number of carbonyl (C=O) groups excluding carboxylic acids is 1. The van der Waals surface area contributed by atoms with Crippen LogP contribution < -0.4 is 4.74 Å². The number of alkyl halides is 3. The highest BCUT2D eigenvalue weighted by molar-refractivity contribution is 7.91. The Morgan fingerprint density at radius 1 is 1.04 bits per heavy atom. The number of rotatable bonds is 8. The molecule has 5 heterocycles. The highest BCUT2D eigenvalue weighted by Crippen LogP contribution is 2.41. The van der Waals surface area contributed by atoms with Crippen molar-refractivity contribution in [3.8, 4) is 22.7 Å². The SMILES string of the molecule is CN1C(=O)CCC1c1cc(-c2ccc(OC(F)(F)F)cc2)nc2c1c(CCC(C)(C)N1CCS(=O)(=O)CC1)cn2-c1cnn(C)c1. The van der Waals surface area contributed by atoms with E-state index >= 15 is 0 Å². The van der Waals surface area contributed by atoms with Crippen LogP contribution in [0.4, 0.5) is 13.2 Å². The predicted octanol–water partition coefficient (Wildman–Crippen LogP) is 5.06. The first-order chi connectivity index (χ1) is 21.6. The van der Waals surface area contributed by atoms with Gasteiger partial charge in [-0.15, -0.1) is 13.2 Å². The average Bonchev–Trinajstić information content (AvgIpc) is 3.67. The van der Waals surface area contributed by atoms with E-state index in [1.165, 1.54) is 12.1 Å². The van der Waals surface area contributed by atoms with Gasteiger partial charge in [0.1, 0.15) is 11.4 Å². The summed E-state index contributed by atoms with van der Waals surface area (Å²) in [6, 6.07) is 7.34. The van der Waals surface area contributed by atoms with Crippen LogP contribution in [0.3, 0.4) is 0 Å². The molecule has 10 nitrogen and oxygen atoms in total. The summed E-state index contributed by atoms with van der Waals surface area (Å²) in [5.74, 6) is 0.0194. The van der Waals surface area contributed by atoms with Gasteiger partial charge in [0.15, 0.2) is 9.84 Å². The molecule has 2 fully saturated rings. The molecular formula is C32H37F3N6O4S. The summed E-state index contributed by atoms with van der Waals surface area (Å²) in [5.41, 5.74) is 4.29. The van der Waals surface area contributed by atoms with Crippen molar-refractivity contribution in [3.05, 3.63) is 60.0 Å². The molecule has 1 unspecified atom stereocenters. The van der Waals surface area contributed by atoms with Crippen molar-refractivity contribution >= 4 is 26.8 Å². The Morgan fingerprint density at radius 2 is 1.74 bits per heavy atom. The van der Waals surface area contributed by atoms with E-state index < -0.39 is 16.2 Å². The normalized spacial score (nSPS) is 19.3. The molecule has 0 aliphatic carbocycles. The maximum Gasteiger partial charge on any atom is 0.573 e. The quantitative estimate of drug-likeness (QED) is 0.261. The molecule has 3 aromatic heterocycles. The standard InChI is InChI=1S/C32H37F3N6O4S/c1-31(2,40-13-15-46(43,44)16-14-40)12-11-22-19-41(23-18-36-38(3)20-23)30-29(22)25(27-9-10-28(42)39(27)4)17-26(37-30)21-5-7-24(8-6-21)45-32(33,34)35/h5-8,17-20,27H,9-16H2,1-4H3. The number of ether oxygens (including phenoxy) is 1. The zero-order chi connectivity index (χ0) is 33.0. The van der Waals surface area contributed by atoms with Gasteiger partial charge in [-0.1, -0.05) is 0 Å². The highest BCUT2D eigenvalue weighted by atomic mass is 32.2. The van der Waals surface area contributed by atoms with Crippen LogP contribution in [0.2, 0.25) is 0 Å². The molecule has 246 valence electrons. The van der Waals surface area contributed by atoms with E-state index in [2.05, 4.69) is 34.8 Å². The lowest BCUT2D eigenvalue weighted by atomic mass is 9.91. The first kappa shape index (κ1) is 32.0. The number of hydrogen-bond donors (Lipinski definition) is 0. The fourth-order valence-corrected chi connectivity index (χ4v) is 7.78. The van der Waals surface area contributed by atoms with Crippen LogP contribution in [-0.4, -0.2) is 87.0 Å². The minimum absolute atomic E-state index is 0.0413. The Labute approximate surface area is 265 Å². The molecule has 0 N–H and O–H groups in total. The third-order valence-corrected chi connectivity index (χ3v) is 10.9. The van der Waals surface area contributed by atoms with E-state index in [0.717, 1.165) is 28.6 Å². The third kappa shape index (κ3) is 6.50. The van der Waals surface area contributed by atoms with Crippen molar-refractivity contribution in [3.63, 3.8) is 0 Å². The Kier molecular flexibility index (Phi) is 8.16. The van der Waals surface area contributed by atoms with E-state index in [1.54, 1.807) is 35.0 Å². The minimum atomic E-state index is -4.80. The number of hydrogen-bond acceptors (Lipinski definition) is 7. The van der Waals surface area contributed by atoms with Crippen molar-refractivity contribution < 1.29 is 31.1 Å². The van der Waals surface area contributed by atoms with Crippen molar-refractivity contribution in [1.82, 2.24) is 29.1 Å². The molecule has 14 heteroatoms. The van der Waals surface area contributed by atoms with E-state index in [0.29, 0.717) is 49.3 Å². The van der Waals surface area contributed by atoms with Crippen molar-refractivity contribution in [2.75, 3.05) is 31.6 Å². The second kappa shape index (κ2) is 11.7. The summed E-state index contributed by atoms with van der Waals surface area (Å²) in [5, 5.41) is 5.29. The van der Waals surface area contributed by atoms with Crippen LogP contribution in [0.25, 0.3) is 28.0 Å². The fraction of sp³-hybridized carbons (Fsp3) is 0.469. The molecule has 0 saturated carbocycles. The molecule has 0 spiro atoms. The van der Waals surface area contributed by atoms with Gasteiger partial charge in [-0.25, -0.2) is 13.4 Å². The molecule has 4 aromatic rings. The van der Waals surface area contributed by atoms with Crippen molar-refractivity contribution in [2.45, 2.75) is 57.5 Å². The van der Waals surface area contributed by atoms with E-state index in [-0.39, 0.29) is 34.7 Å². The predicted molar refractivity (Wildman–Crippen MR) is 167 cm³/mol. The van der Waals surface area contributed by atoms with E-state index in [9.17, 15) is 26.4 Å². The van der Waals surface area contributed by atoms with Crippen LogP contribution in [0, 0.1) is 0 Å². The van der Waals surface area contributed by atoms with Gasteiger partial charge in [0, 0.05) is 62.5 Å². The summed E-state index contributed by atoms with van der Waals surface area (Å²) in [7, 11) is 0.607. The second-order valence-corrected chi connectivity index (χ2v) is 15.1. The van der Waals surface area contributed by atoms with Crippen LogP contribution >= 0.6 is 0 Å². The zero-order valence-electron chi connectivity index (χ0n) is 26.2. The van der Waals surface area contributed by atoms with E-state index in [1.807, 2.05) is 23.9 Å². The third-order valence-electron chi connectivity index (χ3n) is 9.28. The number of halogens is 3. The molecule has 0 bridgehead atoms. The lowest BCUT2D eigenvalue weighted by molar-refractivity contribution is -0.274. The van der Waals surface area contributed by atoms with Crippen molar-refractivity contribution in [1.29, 1.82) is 0 Å². The van der Waals surface area contributed by atoms with Crippen LogP contribution in [0.5, 0.6) is 5.75 Å². The number of aromatic nitrogens is 4. The van der Waals surface area contributed by atoms with Crippen LogP contribution in [0.15, 0.2) is 48.9 Å². The maximum absolute atomic E-state index is 12.8. The Bertz CT molecular complexity index is 1870. The summed E-state index contributed by atoms with van der Waals surface area (Å²) < 4.78 is 70.3. The largest absolute Gasteiger partial charge is 0.573 e. The molecule has 6 rings (SSSR count). The highest BCUT2D eigenvalue weighted by Gasteiger charge is 2.35. The summed E-state index contributed by atoms with van der Waals surface area (Å²) in [6.45, 7) is 5.26. The molecule has 2 saturated heterocycles. The topological polar surface area (TPSA) is 103 Å². The minimum Gasteiger partial charge on any atom is -0.406 e. The number of pyridine rings is 1. The van der Waals surface area contributed by atoms with Gasteiger partial charge in [-0.05, 0) is 74.6 Å². The number of sulfone groups is 1. The fourth-order valence-electron chi connectivity index (χ4n) is 6.58. The molecule has 1 amide bonds. The van der Waals surface area contributed by atoms with Gasteiger partial charge < -0.3 is 9.64 Å².